The molecule has 0 unspecified atom stereocenters. The molecule has 2 aromatic carbocycles. The fourth-order valence-corrected chi connectivity index (χ4v) is 1.84. The SMILES string of the molecule is Cc1ccc(-c2ccc(NC=O)c(C(=O)O)c2)cc1. The minimum absolute atomic E-state index is 0.0742. The summed E-state index contributed by atoms with van der Waals surface area (Å²) in [6.45, 7) is 1.99. The average molecular weight is 255 g/mol. The van der Waals surface area contributed by atoms with Gasteiger partial charge >= 0.3 is 5.97 Å². The summed E-state index contributed by atoms with van der Waals surface area (Å²) in [6, 6.07) is 12.7. The highest BCUT2D eigenvalue weighted by molar-refractivity contribution is 5.98. The summed E-state index contributed by atoms with van der Waals surface area (Å²) in [6.07, 6.45) is 0.466. The second-order valence-electron chi connectivity index (χ2n) is 4.19. The van der Waals surface area contributed by atoms with E-state index in [0.29, 0.717) is 12.1 Å². The molecular formula is C15H13NO3. The van der Waals surface area contributed by atoms with Crippen LogP contribution in [0.2, 0.25) is 0 Å². The molecule has 2 aromatic rings. The van der Waals surface area contributed by atoms with E-state index in [-0.39, 0.29) is 5.56 Å². The highest BCUT2D eigenvalue weighted by Crippen LogP contribution is 2.25. The third-order valence-electron chi connectivity index (χ3n) is 2.85. The van der Waals surface area contributed by atoms with E-state index in [1.165, 1.54) is 0 Å². The number of benzene rings is 2. The molecule has 0 aliphatic carbocycles. The average Bonchev–Trinajstić information content (AvgIpc) is 2.40. The molecule has 96 valence electrons. The van der Waals surface area contributed by atoms with Crippen LogP contribution < -0.4 is 5.32 Å². The van der Waals surface area contributed by atoms with E-state index in [0.717, 1.165) is 16.7 Å². The van der Waals surface area contributed by atoms with Crippen molar-refractivity contribution in [3.63, 3.8) is 0 Å². The zero-order valence-electron chi connectivity index (χ0n) is 10.4. The van der Waals surface area contributed by atoms with Gasteiger partial charge in [-0.15, -0.1) is 0 Å². The summed E-state index contributed by atoms with van der Waals surface area (Å²) < 4.78 is 0. The molecule has 0 heterocycles. The lowest BCUT2D eigenvalue weighted by Crippen LogP contribution is -2.04. The number of hydrogen-bond donors (Lipinski definition) is 2. The van der Waals surface area contributed by atoms with Crippen LogP contribution in [0.1, 0.15) is 15.9 Å². The maximum absolute atomic E-state index is 11.2. The highest BCUT2D eigenvalue weighted by atomic mass is 16.4. The van der Waals surface area contributed by atoms with Gasteiger partial charge in [0.2, 0.25) is 6.41 Å². The lowest BCUT2D eigenvalue weighted by Gasteiger charge is -2.08. The summed E-state index contributed by atoms with van der Waals surface area (Å²) in [4.78, 5) is 21.6. The molecule has 0 aliphatic heterocycles. The van der Waals surface area contributed by atoms with Gasteiger partial charge in [-0.05, 0) is 30.2 Å². The molecule has 4 heteroatoms. The Bertz CT molecular complexity index is 618. The number of carboxylic acids is 1. The first-order valence-corrected chi connectivity index (χ1v) is 5.76. The monoisotopic (exact) mass is 255 g/mol. The zero-order valence-corrected chi connectivity index (χ0v) is 10.4. The Morgan fingerprint density at radius 3 is 2.32 bits per heavy atom. The fourth-order valence-electron chi connectivity index (χ4n) is 1.84. The lowest BCUT2D eigenvalue weighted by molar-refractivity contribution is -0.105. The molecule has 0 atom stereocenters. The molecule has 19 heavy (non-hydrogen) atoms. The van der Waals surface area contributed by atoms with Gasteiger partial charge in [0.15, 0.2) is 0 Å². The van der Waals surface area contributed by atoms with E-state index in [1.807, 2.05) is 31.2 Å². The Morgan fingerprint density at radius 2 is 1.74 bits per heavy atom. The number of aromatic carboxylic acids is 1. The van der Waals surface area contributed by atoms with Crippen LogP contribution in [0.15, 0.2) is 42.5 Å². The van der Waals surface area contributed by atoms with Crippen molar-refractivity contribution in [1.29, 1.82) is 0 Å². The molecule has 0 spiro atoms. The van der Waals surface area contributed by atoms with Crippen molar-refractivity contribution in [2.75, 3.05) is 5.32 Å². The third-order valence-corrected chi connectivity index (χ3v) is 2.85. The number of amides is 1. The molecule has 0 aliphatic rings. The van der Waals surface area contributed by atoms with Crippen LogP contribution in [0, 0.1) is 6.92 Å². The van der Waals surface area contributed by atoms with Crippen molar-refractivity contribution in [2.24, 2.45) is 0 Å². The van der Waals surface area contributed by atoms with Crippen molar-refractivity contribution in [2.45, 2.75) is 6.92 Å². The Kier molecular flexibility index (Phi) is 3.61. The summed E-state index contributed by atoms with van der Waals surface area (Å²) in [5, 5.41) is 11.5. The smallest absolute Gasteiger partial charge is 0.337 e. The molecule has 1 amide bonds. The van der Waals surface area contributed by atoms with Crippen LogP contribution in [0.4, 0.5) is 5.69 Å². The standard InChI is InChI=1S/C15H13NO3/c1-10-2-4-11(5-3-10)12-6-7-14(16-9-17)13(8-12)15(18)19/h2-9H,1H3,(H,16,17)(H,18,19). The van der Waals surface area contributed by atoms with E-state index in [9.17, 15) is 9.59 Å². The molecule has 0 saturated carbocycles. The van der Waals surface area contributed by atoms with Crippen molar-refractivity contribution in [3.8, 4) is 11.1 Å². The highest BCUT2D eigenvalue weighted by Gasteiger charge is 2.11. The van der Waals surface area contributed by atoms with Crippen LogP contribution in [0.3, 0.4) is 0 Å². The third kappa shape index (κ3) is 2.80. The van der Waals surface area contributed by atoms with Crippen LogP contribution in [0.25, 0.3) is 11.1 Å². The minimum Gasteiger partial charge on any atom is -0.478 e. The maximum Gasteiger partial charge on any atom is 0.337 e. The number of carbonyl (C=O) groups excluding carboxylic acids is 1. The summed E-state index contributed by atoms with van der Waals surface area (Å²) in [5.41, 5.74) is 3.24. The summed E-state index contributed by atoms with van der Waals surface area (Å²) >= 11 is 0. The molecule has 2 rings (SSSR count). The van der Waals surface area contributed by atoms with Gasteiger partial charge in [-0.2, -0.15) is 0 Å². The molecule has 0 saturated heterocycles. The largest absolute Gasteiger partial charge is 0.478 e. The molecule has 2 N–H and O–H groups in total. The van der Waals surface area contributed by atoms with Gasteiger partial charge in [0.05, 0.1) is 11.3 Å². The maximum atomic E-state index is 11.2. The first kappa shape index (κ1) is 12.8. The van der Waals surface area contributed by atoms with Gasteiger partial charge in [-0.1, -0.05) is 35.9 Å². The second kappa shape index (κ2) is 5.35. The molecular weight excluding hydrogens is 242 g/mol. The van der Waals surface area contributed by atoms with Crippen molar-refractivity contribution >= 4 is 18.1 Å². The van der Waals surface area contributed by atoms with Gasteiger partial charge in [-0.25, -0.2) is 4.79 Å². The summed E-state index contributed by atoms with van der Waals surface area (Å²) in [5.74, 6) is -1.07. The fraction of sp³-hybridized carbons (Fsp3) is 0.0667. The summed E-state index contributed by atoms with van der Waals surface area (Å²) in [7, 11) is 0. The van der Waals surface area contributed by atoms with Gasteiger partial charge in [-0.3, -0.25) is 4.79 Å². The van der Waals surface area contributed by atoms with E-state index in [1.54, 1.807) is 18.2 Å². The van der Waals surface area contributed by atoms with Gasteiger partial charge in [0.1, 0.15) is 0 Å². The normalized spacial score (nSPS) is 9.95. The minimum atomic E-state index is -1.07. The number of hydrogen-bond acceptors (Lipinski definition) is 2. The first-order chi connectivity index (χ1) is 9.11. The predicted molar refractivity (Wildman–Crippen MR) is 73.3 cm³/mol. The topological polar surface area (TPSA) is 66.4 Å². The first-order valence-electron chi connectivity index (χ1n) is 5.76. The van der Waals surface area contributed by atoms with Gasteiger partial charge in [0.25, 0.3) is 0 Å². The predicted octanol–water partition coefficient (Wildman–Crippen LogP) is 2.93. The van der Waals surface area contributed by atoms with Crippen LogP contribution >= 0.6 is 0 Å². The number of nitrogens with one attached hydrogen (secondary N) is 1. The molecule has 0 aromatic heterocycles. The Hall–Kier alpha value is -2.62. The Balaban J connectivity index is 2.48. The van der Waals surface area contributed by atoms with E-state index in [4.69, 9.17) is 5.11 Å². The molecule has 0 bridgehead atoms. The van der Waals surface area contributed by atoms with E-state index >= 15 is 0 Å². The quantitative estimate of drug-likeness (QED) is 0.825. The molecule has 0 radical (unpaired) electrons. The number of carboxylic acid groups (broad SMARTS) is 1. The molecule has 4 nitrogen and oxygen atoms in total. The second-order valence-corrected chi connectivity index (χ2v) is 4.19. The van der Waals surface area contributed by atoms with Crippen molar-refractivity contribution in [1.82, 2.24) is 0 Å². The Morgan fingerprint density at radius 1 is 1.11 bits per heavy atom. The van der Waals surface area contributed by atoms with E-state index < -0.39 is 5.97 Å². The van der Waals surface area contributed by atoms with Crippen LogP contribution in [0.5, 0.6) is 0 Å². The van der Waals surface area contributed by atoms with Crippen molar-refractivity contribution in [3.05, 3.63) is 53.6 Å². The van der Waals surface area contributed by atoms with Crippen LogP contribution in [-0.4, -0.2) is 17.5 Å². The van der Waals surface area contributed by atoms with Crippen molar-refractivity contribution < 1.29 is 14.7 Å². The van der Waals surface area contributed by atoms with E-state index in [2.05, 4.69) is 5.32 Å². The zero-order chi connectivity index (χ0) is 13.8. The number of anilines is 1. The lowest BCUT2D eigenvalue weighted by atomic mass is 10.0. The van der Waals surface area contributed by atoms with Gasteiger partial charge < -0.3 is 10.4 Å². The van der Waals surface area contributed by atoms with Gasteiger partial charge in [0, 0.05) is 0 Å². The Labute approximate surface area is 110 Å². The number of rotatable bonds is 4. The van der Waals surface area contributed by atoms with Crippen LogP contribution in [-0.2, 0) is 4.79 Å². The number of carbonyl (C=O) groups is 2. The molecule has 0 fully saturated rings. The number of aryl methyl sites for hydroxylation is 1.